The number of hydrogen-bond acceptors (Lipinski definition) is 8. The Bertz CT molecular complexity index is 674. The summed E-state index contributed by atoms with van der Waals surface area (Å²) in [5, 5.41) is 23.5. The number of unbranched alkanes of at least 4 members (excludes halogenated alkanes) is 1. The molecule has 0 spiro atoms. The molecule has 10 N–H and O–H groups in total. The van der Waals surface area contributed by atoms with Gasteiger partial charge in [-0.15, -0.1) is 0 Å². The van der Waals surface area contributed by atoms with Crippen molar-refractivity contribution in [3.63, 3.8) is 0 Å². The fourth-order valence-electron chi connectivity index (χ4n) is 3.29. The van der Waals surface area contributed by atoms with Crippen LogP contribution in [0.5, 0.6) is 0 Å². The quantitative estimate of drug-likeness (QED) is 0.139. The minimum absolute atomic E-state index is 0.206. The molecule has 1 fully saturated rings. The normalized spacial score (nSPS) is 18.7. The van der Waals surface area contributed by atoms with E-state index in [2.05, 4.69) is 10.6 Å². The lowest BCUT2D eigenvalue weighted by Crippen LogP contribution is -2.58. The van der Waals surface area contributed by atoms with Crippen LogP contribution in [-0.4, -0.2) is 88.6 Å². The molecule has 1 rings (SSSR count). The van der Waals surface area contributed by atoms with Crippen molar-refractivity contribution in [1.29, 1.82) is 0 Å². The first kappa shape index (κ1) is 26.3. The average Bonchev–Trinajstić information content (AvgIpc) is 3.20. The topological polar surface area (TPSA) is 231 Å². The van der Waals surface area contributed by atoms with Gasteiger partial charge in [-0.1, -0.05) is 0 Å². The summed E-state index contributed by atoms with van der Waals surface area (Å²) in [5.74, 6) is -4.20. The van der Waals surface area contributed by atoms with Gasteiger partial charge < -0.3 is 42.9 Å². The standard InChI is InChI=1S/C18H32N6O7/c19-6-2-1-4-11(17(29)24-7-3-5-13(24)18(30)31)22-16(28)12(9-25)23-15(27)10(20)8-14(21)26/h10-13,25H,1-9,19-20H2,(H2,21,26)(H,22,28)(H,23,27)(H,30,31). The number of primary amides is 1. The van der Waals surface area contributed by atoms with Gasteiger partial charge in [0.2, 0.25) is 23.6 Å². The van der Waals surface area contributed by atoms with Gasteiger partial charge in [0.15, 0.2) is 0 Å². The summed E-state index contributed by atoms with van der Waals surface area (Å²) in [4.78, 5) is 61.1. The second-order valence-electron chi connectivity index (χ2n) is 7.39. The number of likely N-dealkylation sites (tertiary alicyclic amines) is 1. The highest BCUT2D eigenvalue weighted by molar-refractivity contribution is 5.95. The maximum atomic E-state index is 12.9. The van der Waals surface area contributed by atoms with Gasteiger partial charge in [0, 0.05) is 6.54 Å². The molecule has 4 unspecified atom stereocenters. The molecular weight excluding hydrogens is 412 g/mol. The summed E-state index contributed by atoms with van der Waals surface area (Å²) in [6.07, 6.45) is 1.69. The molecule has 176 valence electrons. The van der Waals surface area contributed by atoms with Gasteiger partial charge >= 0.3 is 5.97 Å². The lowest BCUT2D eigenvalue weighted by molar-refractivity contribution is -0.149. The Balaban J connectivity index is 2.87. The van der Waals surface area contributed by atoms with E-state index in [0.717, 1.165) is 0 Å². The van der Waals surface area contributed by atoms with Crippen LogP contribution in [0.2, 0.25) is 0 Å². The second-order valence-corrected chi connectivity index (χ2v) is 7.39. The van der Waals surface area contributed by atoms with Crippen LogP contribution in [0.15, 0.2) is 0 Å². The number of amides is 4. The van der Waals surface area contributed by atoms with E-state index in [1.165, 1.54) is 4.90 Å². The van der Waals surface area contributed by atoms with Crippen molar-refractivity contribution in [2.45, 2.75) is 62.7 Å². The van der Waals surface area contributed by atoms with Gasteiger partial charge in [-0.3, -0.25) is 19.2 Å². The Morgan fingerprint density at radius 1 is 1.06 bits per heavy atom. The molecule has 13 nitrogen and oxygen atoms in total. The Labute approximate surface area is 179 Å². The van der Waals surface area contributed by atoms with Crippen LogP contribution in [-0.2, 0) is 24.0 Å². The number of carboxylic acids is 1. The first-order valence-electron chi connectivity index (χ1n) is 10.1. The van der Waals surface area contributed by atoms with Gasteiger partial charge in [-0.2, -0.15) is 0 Å². The Kier molecular flexibility index (Phi) is 10.9. The van der Waals surface area contributed by atoms with Gasteiger partial charge in [-0.25, -0.2) is 4.79 Å². The van der Waals surface area contributed by atoms with E-state index in [4.69, 9.17) is 17.2 Å². The van der Waals surface area contributed by atoms with Crippen LogP contribution in [0.1, 0.15) is 38.5 Å². The predicted octanol–water partition coefficient (Wildman–Crippen LogP) is -3.64. The van der Waals surface area contributed by atoms with Crippen molar-refractivity contribution in [2.75, 3.05) is 19.7 Å². The van der Waals surface area contributed by atoms with Crippen LogP contribution in [0, 0.1) is 0 Å². The molecule has 0 bridgehead atoms. The fourth-order valence-corrected chi connectivity index (χ4v) is 3.29. The minimum atomic E-state index is -1.43. The number of aliphatic carboxylic acids is 1. The lowest BCUT2D eigenvalue weighted by atomic mass is 10.1. The third-order valence-corrected chi connectivity index (χ3v) is 4.96. The Morgan fingerprint density at radius 2 is 1.71 bits per heavy atom. The molecule has 0 radical (unpaired) electrons. The number of nitrogens with one attached hydrogen (secondary N) is 2. The zero-order valence-corrected chi connectivity index (χ0v) is 17.3. The van der Waals surface area contributed by atoms with Crippen molar-refractivity contribution in [3.05, 3.63) is 0 Å². The molecule has 31 heavy (non-hydrogen) atoms. The third kappa shape index (κ3) is 8.11. The Morgan fingerprint density at radius 3 is 2.26 bits per heavy atom. The van der Waals surface area contributed by atoms with E-state index in [1.807, 2.05) is 0 Å². The van der Waals surface area contributed by atoms with Crippen molar-refractivity contribution in [3.8, 4) is 0 Å². The van der Waals surface area contributed by atoms with E-state index in [9.17, 15) is 34.2 Å². The van der Waals surface area contributed by atoms with E-state index >= 15 is 0 Å². The second kappa shape index (κ2) is 12.8. The number of hydrogen-bond donors (Lipinski definition) is 7. The zero-order chi connectivity index (χ0) is 23.6. The molecule has 4 atom stereocenters. The number of carbonyl (C=O) groups is 5. The van der Waals surface area contributed by atoms with Crippen LogP contribution in [0.3, 0.4) is 0 Å². The SMILES string of the molecule is NCCCCC(NC(=O)C(CO)NC(=O)C(N)CC(N)=O)C(=O)N1CCCC1C(=O)O. The minimum Gasteiger partial charge on any atom is -0.480 e. The number of nitrogens with zero attached hydrogens (tertiary/aromatic N) is 1. The van der Waals surface area contributed by atoms with Gasteiger partial charge in [0.1, 0.15) is 18.1 Å². The van der Waals surface area contributed by atoms with Crippen LogP contribution in [0.25, 0.3) is 0 Å². The molecule has 1 saturated heterocycles. The number of rotatable bonds is 13. The molecule has 0 aliphatic carbocycles. The van der Waals surface area contributed by atoms with Gasteiger partial charge in [0.25, 0.3) is 0 Å². The van der Waals surface area contributed by atoms with E-state index in [0.29, 0.717) is 32.2 Å². The molecule has 13 heteroatoms. The predicted molar refractivity (Wildman–Crippen MR) is 108 cm³/mol. The molecular formula is C18H32N6O7. The molecule has 4 amide bonds. The Hall–Kier alpha value is -2.77. The first-order valence-corrected chi connectivity index (χ1v) is 10.1. The summed E-state index contributed by atoms with van der Waals surface area (Å²) in [6, 6.07) is -4.75. The monoisotopic (exact) mass is 444 g/mol. The maximum Gasteiger partial charge on any atom is 0.326 e. The molecule has 0 aromatic rings. The van der Waals surface area contributed by atoms with Crippen LogP contribution in [0.4, 0.5) is 0 Å². The molecule has 1 heterocycles. The largest absolute Gasteiger partial charge is 0.480 e. The number of nitrogens with two attached hydrogens (primary N) is 3. The first-order chi connectivity index (χ1) is 14.6. The molecule has 0 aromatic heterocycles. The highest BCUT2D eigenvalue weighted by Crippen LogP contribution is 2.20. The zero-order valence-electron chi connectivity index (χ0n) is 17.3. The summed E-state index contributed by atoms with van der Waals surface area (Å²) in [5.41, 5.74) is 16.0. The lowest BCUT2D eigenvalue weighted by Gasteiger charge is -2.28. The van der Waals surface area contributed by atoms with Crippen LogP contribution < -0.4 is 27.8 Å². The summed E-state index contributed by atoms with van der Waals surface area (Å²) in [6.45, 7) is -0.156. The van der Waals surface area contributed by atoms with E-state index < -0.39 is 66.8 Å². The summed E-state index contributed by atoms with van der Waals surface area (Å²) in [7, 11) is 0. The van der Waals surface area contributed by atoms with Gasteiger partial charge in [0.05, 0.1) is 19.1 Å². The van der Waals surface area contributed by atoms with E-state index in [1.54, 1.807) is 0 Å². The van der Waals surface area contributed by atoms with Crippen molar-refractivity contribution >= 4 is 29.6 Å². The fraction of sp³-hybridized carbons (Fsp3) is 0.722. The molecule has 0 saturated carbocycles. The highest BCUT2D eigenvalue weighted by atomic mass is 16.4. The average molecular weight is 444 g/mol. The number of aliphatic hydroxyl groups excluding tert-OH is 1. The maximum absolute atomic E-state index is 12.9. The summed E-state index contributed by atoms with van der Waals surface area (Å²) < 4.78 is 0. The van der Waals surface area contributed by atoms with Crippen molar-refractivity contribution < 1.29 is 34.2 Å². The smallest absolute Gasteiger partial charge is 0.326 e. The third-order valence-electron chi connectivity index (χ3n) is 4.96. The number of carboxylic acid groups (broad SMARTS) is 1. The summed E-state index contributed by atoms with van der Waals surface area (Å²) >= 11 is 0. The van der Waals surface area contributed by atoms with Crippen molar-refractivity contribution in [2.24, 2.45) is 17.2 Å². The number of aliphatic hydroxyl groups is 1. The number of carbonyl (C=O) groups excluding carboxylic acids is 4. The highest BCUT2D eigenvalue weighted by Gasteiger charge is 2.38. The van der Waals surface area contributed by atoms with E-state index in [-0.39, 0.29) is 13.0 Å². The molecule has 1 aliphatic heterocycles. The molecule has 1 aliphatic rings. The molecule has 0 aromatic carbocycles. The van der Waals surface area contributed by atoms with Gasteiger partial charge in [-0.05, 0) is 38.6 Å². The van der Waals surface area contributed by atoms with Crippen LogP contribution >= 0.6 is 0 Å². The van der Waals surface area contributed by atoms with Crippen molar-refractivity contribution in [1.82, 2.24) is 15.5 Å².